The van der Waals surface area contributed by atoms with Gasteiger partial charge in [-0.2, -0.15) is 0 Å². The fourth-order valence-corrected chi connectivity index (χ4v) is 3.49. The van der Waals surface area contributed by atoms with E-state index in [1.165, 1.54) is 18.2 Å². The lowest BCUT2D eigenvalue weighted by atomic mass is 9.95. The van der Waals surface area contributed by atoms with Crippen LogP contribution in [0.5, 0.6) is 0 Å². The fourth-order valence-electron chi connectivity index (χ4n) is 3.49. The van der Waals surface area contributed by atoms with Crippen LogP contribution < -0.4 is 11.1 Å². The van der Waals surface area contributed by atoms with Crippen LogP contribution >= 0.6 is 12.4 Å². The summed E-state index contributed by atoms with van der Waals surface area (Å²) < 4.78 is 27.4. The quantitative estimate of drug-likeness (QED) is 0.892. The molecule has 122 valence electrons. The van der Waals surface area contributed by atoms with E-state index in [0.29, 0.717) is 13.0 Å². The predicted octanol–water partition coefficient (Wildman–Crippen LogP) is 2.73. The maximum atomic E-state index is 13.7. The Labute approximate surface area is 135 Å². The Kier molecular flexibility index (Phi) is 5.40. The Balaban J connectivity index is 0.00000176. The van der Waals surface area contributed by atoms with E-state index in [1.54, 1.807) is 0 Å². The fraction of sp³-hybridized carbons (Fsp3) is 0.562. The van der Waals surface area contributed by atoms with Crippen molar-refractivity contribution in [2.45, 2.75) is 37.6 Å². The topological polar surface area (TPSA) is 55.1 Å². The van der Waals surface area contributed by atoms with E-state index in [2.05, 4.69) is 5.32 Å². The van der Waals surface area contributed by atoms with E-state index < -0.39 is 11.6 Å². The summed E-state index contributed by atoms with van der Waals surface area (Å²) >= 11 is 0. The molecule has 1 aromatic carbocycles. The van der Waals surface area contributed by atoms with Crippen LogP contribution in [-0.2, 0) is 4.79 Å². The Morgan fingerprint density at radius 1 is 1.27 bits per heavy atom. The average molecular weight is 331 g/mol. The number of carbonyl (C=O) groups is 1. The smallest absolute Gasteiger partial charge is 0.223 e. The lowest BCUT2D eigenvalue weighted by Crippen LogP contribution is -2.36. The molecular weight excluding hydrogens is 310 g/mol. The molecule has 2 aliphatic rings. The average Bonchev–Trinajstić information content (AvgIpc) is 3.03. The molecule has 0 radical (unpaired) electrons. The molecule has 0 saturated heterocycles. The molecule has 0 aromatic heterocycles. The summed E-state index contributed by atoms with van der Waals surface area (Å²) in [5, 5.41) is 2.94. The predicted molar refractivity (Wildman–Crippen MR) is 82.8 cm³/mol. The van der Waals surface area contributed by atoms with Crippen LogP contribution in [0.2, 0.25) is 0 Å². The molecule has 4 atom stereocenters. The van der Waals surface area contributed by atoms with E-state index in [1.807, 2.05) is 0 Å². The first-order valence-corrected chi connectivity index (χ1v) is 7.56. The minimum atomic E-state index is -0.530. The van der Waals surface area contributed by atoms with Crippen molar-refractivity contribution in [1.29, 1.82) is 0 Å². The van der Waals surface area contributed by atoms with Gasteiger partial charge in [-0.15, -0.1) is 12.4 Å². The number of hydrogen-bond acceptors (Lipinski definition) is 2. The lowest BCUT2D eigenvalue weighted by Gasteiger charge is -2.17. The van der Waals surface area contributed by atoms with Gasteiger partial charge in [0, 0.05) is 23.4 Å². The van der Waals surface area contributed by atoms with Crippen molar-refractivity contribution in [3.63, 3.8) is 0 Å². The number of benzene rings is 1. The zero-order valence-electron chi connectivity index (χ0n) is 12.2. The van der Waals surface area contributed by atoms with Gasteiger partial charge in [-0.1, -0.05) is 12.5 Å². The summed E-state index contributed by atoms with van der Waals surface area (Å²) in [4.78, 5) is 12.3. The van der Waals surface area contributed by atoms with Gasteiger partial charge in [-0.05, 0) is 43.9 Å². The first-order chi connectivity index (χ1) is 10.1. The molecule has 3 N–H and O–H groups in total. The maximum absolute atomic E-state index is 13.7. The molecular formula is C16H21ClF2N2O. The van der Waals surface area contributed by atoms with Crippen LogP contribution in [0.4, 0.5) is 8.78 Å². The van der Waals surface area contributed by atoms with Crippen LogP contribution in [0, 0.1) is 23.5 Å². The number of nitrogens with one attached hydrogen (secondary N) is 1. The SMILES string of the molecule is Cl.NC[C@H]1CCC[C@H]1C(=O)NC1CC1c1c(F)cccc1F. The van der Waals surface area contributed by atoms with Crippen molar-refractivity contribution in [1.82, 2.24) is 5.32 Å². The third-order valence-electron chi connectivity index (χ3n) is 4.79. The van der Waals surface area contributed by atoms with E-state index in [-0.39, 0.29) is 47.7 Å². The summed E-state index contributed by atoms with van der Waals surface area (Å²) in [5.74, 6) is -1.11. The number of halogens is 3. The van der Waals surface area contributed by atoms with Gasteiger partial charge in [0.2, 0.25) is 5.91 Å². The third-order valence-corrected chi connectivity index (χ3v) is 4.79. The molecule has 2 aliphatic carbocycles. The Morgan fingerprint density at radius 3 is 2.59 bits per heavy atom. The molecule has 6 heteroatoms. The summed E-state index contributed by atoms with van der Waals surface area (Å²) in [6, 6.07) is 3.73. The summed E-state index contributed by atoms with van der Waals surface area (Å²) in [6.45, 7) is 0.522. The Hall–Kier alpha value is -1.20. The van der Waals surface area contributed by atoms with Gasteiger partial charge in [0.05, 0.1) is 0 Å². The first-order valence-electron chi connectivity index (χ1n) is 7.56. The zero-order chi connectivity index (χ0) is 15.0. The molecule has 22 heavy (non-hydrogen) atoms. The van der Waals surface area contributed by atoms with Gasteiger partial charge in [0.1, 0.15) is 11.6 Å². The van der Waals surface area contributed by atoms with Crippen molar-refractivity contribution >= 4 is 18.3 Å². The van der Waals surface area contributed by atoms with Crippen molar-refractivity contribution in [2.24, 2.45) is 17.6 Å². The van der Waals surface area contributed by atoms with E-state index in [4.69, 9.17) is 5.73 Å². The third kappa shape index (κ3) is 3.25. The van der Waals surface area contributed by atoms with E-state index >= 15 is 0 Å². The molecule has 0 bridgehead atoms. The normalized spacial score (nSPS) is 29.8. The summed E-state index contributed by atoms with van der Waals surface area (Å²) in [5.41, 5.74) is 5.79. The first kappa shape index (κ1) is 17.2. The highest BCUT2D eigenvalue weighted by atomic mass is 35.5. The highest BCUT2D eigenvalue weighted by molar-refractivity contribution is 5.85. The molecule has 0 spiro atoms. The molecule has 0 aliphatic heterocycles. The van der Waals surface area contributed by atoms with Gasteiger partial charge in [0.25, 0.3) is 0 Å². The standard InChI is InChI=1S/C16H20F2N2O.ClH/c17-12-5-2-6-13(18)15(12)11-7-14(11)20-16(21)10-4-1-3-9(10)8-19;/h2,5-6,9-11,14H,1,3-4,7-8,19H2,(H,20,21);1H/t9-,10-,11?,14?;/m1./s1. The van der Waals surface area contributed by atoms with Gasteiger partial charge in [-0.25, -0.2) is 8.78 Å². The van der Waals surface area contributed by atoms with Gasteiger partial charge in [0.15, 0.2) is 0 Å². The number of amides is 1. The second-order valence-corrected chi connectivity index (χ2v) is 6.13. The van der Waals surface area contributed by atoms with Crippen molar-refractivity contribution in [3.05, 3.63) is 35.4 Å². The molecule has 2 fully saturated rings. The molecule has 1 aromatic rings. The highest BCUT2D eigenvalue weighted by Crippen LogP contribution is 2.43. The molecule has 0 heterocycles. The molecule has 2 saturated carbocycles. The Bertz CT molecular complexity index is 535. The van der Waals surface area contributed by atoms with Crippen molar-refractivity contribution in [3.8, 4) is 0 Å². The highest BCUT2D eigenvalue weighted by Gasteiger charge is 2.44. The second-order valence-electron chi connectivity index (χ2n) is 6.13. The molecule has 3 rings (SSSR count). The van der Waals surface area contributed by atoms with Crippen molar-refractivity contribution in [2.75, 3.05) is 6.54 Å². The summed E-state index contributed by atoms with van der Waals surface area (Å²) in [6.07, 6.45) is 3.48. The van der Waals surface area contributed by atoms with Crippen LogP contribution in [0.25, 0.3) is 0 Å². The van der Waals surface area contributed by atoms with Crippen LogP contribution in [0.3, 0.4) is 0 Å². The molecule has 2 unspecified atom stereocenters. The number of nitrogens with two attached hydrogens (primary N) is 1. The van der Waals surface area contributed by atoms with Crippen LogP contribution in [0.15, 0.2) is 18.2 Å². The Morgan fingerprint density at radius 2 is 1.95 bits per heavy atom. The minimum absolute atomic E-state index is 0. The maximum Gasteiger partial charge on any atom is 0.223 e. The van der Waals surface area contributed by atoms with Crippen molar-refractivity contribution < 1.29 is 13.6 Å². The second kappa shape index (κ2) is 6.92. The molecule has 1 amide bonds. The monoisotopic (exact) mass is 330 g/mol. The lowest BCUT2D eigenvalue weighted by molar-refractivity contribution is -0.126. The van der Waals surface area contributed by atoms with E-state index in [9.17, 15) is 13.6 Å². The van der Waals surface area contributed by atoms with E-state index in [0.717, 1.165) is 19.3 Å². The number of carbonyl (C=O) groups excluding carboxylic acids is 1. The molecule has 3 nitrogen and oxygen atoms in total. The van der Waals surface area contributed by atoms with Gasteiger partial charge < -0.3 is 11.1 Å². The van der Waals surface area contributed by atoms with Gasteiger partial charge >= 0.3 is 0 Å². The van der Waals surface area contributed by atoms with Crippen LogP contribution in [-0.4, -0.2) is 18.5 Å². The number of hydrogen-bond donors (Lipinski definition) is 2. The van der Waals surface area contributed by atoms with Gasteiger partial charge in [-0.3, -0.25) is 4.79 Å². The largest absolute Gasteiger partial charge is 0.352 e. The minimum Gasteiger partial charge on any atom is -0.352 e. The summed E-state index contributed by atoms with van der Waals surface area (Å²) in [7, 11) is 0. The number of rotatable bonds is 4. The van der Waals surface area contributed by atoms with Crippen LogP contribution in [0.1, 0.15) is 37.2 Å². The zero-order valence-corrected chi connectivity index (χ0v) is 13.0.